The molecule has 1 aliphatic heterocycles. The van der Waals surface area contributed by atoms with E-state index in [1.165, 1.54) is 0 Å². The Bertz CT molecular complexity index is 898. The maximum atomic E-state index is 11.8. The number of methoxy groups -OCH3 is 1. The number of hydrogen-bond acceptors (Lipinski definition) is 3. The summed E-state index contributed by atoms with van der Waals surface area (Å²) < 4.78 is 5.12. The Morgan fingerprint density at radius 3 is 2.55 bits per heavy atom. The number of amides is 4. The molecule has 1 fully saturated rings. The molecule has 0 bridgehead atoms. The Balaban J connectivity index is 1.36. The highest BCUT2D eigenvalue weighted by Crippen LogP contribution is 2.16. The molecule has 1 saturated heterocycles. The van der Waals surface area contributed by atoms with Gasteiger partial charge in [-0.05, 0) is 48.4 Å². The molecule has 0 saturated carbocycles. The first-order valence-corrected chi connectivity index (χ1v) is 9.44. The van der Waals surface area contributed by atoms with Gasteiger partial charge in [0.25, 0.3) is 0 Å². The standard InChI is InChI=1S/C22H24N4O3/c1-29-20-10-6-18(7-11-20)12-14-24-21(27)23-13-2-3-17-4-8-19(9-5-17)26-16-15-25-22(26)28/h4-11H,12-16H2,1H3,(H,25,28)(H2,23,24,27). The molecular formula is C22H24N4O3. The van der Waals surface area contributed by atoms with Crippen LogP contribution in [0.2, 0.25) is 0 Å². The van der Waals surface area contributed by atoms with Crippen LogP contribution in [0.5, 0.6) is 5.75 Å². The summed E-state index contributed by atoms with van der Waals surface area (Å²) in [5.74, 6) is 6.73. The molecule has 0 aromatic heterocycles. The molecule has 3 rings (SSSR count). The first-order chi connectivity index (χ1) is 14.2. The molecule has 0 unspecified atom stereocenters. The molecule has 29 heavy (non-hydrogen) atoms. The number of ether oxygens (including phenoxy) is 1. The zero-order valence-corrected chi connectivity index (χ0v) is 16.3. The second kappa shape index (κ2) is 10.0. The summed E-state index contributed by atoms with van der Waals surface area (Å²) in [6.45, 7) is 2.12. The molecule has 1 aliphatic rings. The maximum absolute atomic E-state index is 11.8. The summed E-state index contributed by atoms with van der Waals surface area (Å²) in [4.78, 5) is 25.2. The van der Waals surface area contributed by atoms with Crippen molar-refractivity contribution in [1.29, 1.82) is 0 Å². The number of urea groups is 2. The van der Waals surface area contributed by atoms with Gasteiger partial charge in [0, 0.05) is 30.9 Å². The van der Waals surface area contributed by atoms with E-state index in [1.807, 2.05) is 48.5 Å². The molecule has 150 valence electrons. The Morgan fingerprint density at radius 1 is 1.14 bits per heavy atom. The lowest BCUT2D eigenvalue weighted by atomic mass is 10.1. The van der Waals surface area contributed by atoms with Gasteiger partial charge in [-0.3, -0.25) is 4.90 Å². The Kier molecular flexibility index (Phi) is 6.95. The monoisotopic (exact) mass is 392 g/mol. The van der Waals surface area contributed by atoms with Crippen LogP contribution in [-0.4, -0.2) is 45.4 Å². The number of benzene rings is 2. The quantitative estimate of drug-likeness (QED) is 0.659. The first kappa shape index (κ1) is 20.1. The summed E-state index contributed by atoms with van der Waals surface area (Å²) in [7, 11) is 1.63. The minimum atomic E-state index is -0.247. The van der Waals surface area contributed by atoms with E-state index in [2.05, 4.69) is 27.8 Å². The number of nitrogens with one attached hydrogen (secondary N) is 3. The molecule has 0 atom stereocenters. The molecular weight excluding hydrogens is 368 g/mol. The van der Waals surface area contributed by atoms with Gasteiger partial charge in [-0.25, -0.2) is 9.59 Å². The molecule has 2 aromatic carbocycles. The van der Waals surface area contributed by atoms with Gasteiger partial charge in [-0.1, -0.05) is 24.0 Å². The van der Waals surface area contributed by atoms with E-state index >= 15 is 0 Å². The minimum Gasteiger partial charge on any atom is -0.497 e. The van der Waals surface area contributed by atoms with Crippen LogP contribution in [0.1, 0.15) is 11.1 Å². The van der Waals surface area contributed by atoms with E-state index in [9.17, 15) is 9.59 Å². The summed E-state index contributed by atoms with van der Waals surface area (Å²) in [5.41, 5.74) is 2.80. The Hall–Kier alpha value is -3.66. The highest BCUT2D eigenvalue weighted by atomic mass is 16.5. The highest BCUT2D eigenvalue weighted by Gasteiger charge is 2.20. The van der Waals surface area contributed by atoms with Gasteiger partial charge in [0.2, 0.25) is 0 Å². The van der Waals surface area contributed by atoms with Crippen LogP contribution in [-0.2, 0) is 6.42 Å². The smallest absolute Gasteiger partial charge is 0.321 e. The molecule has 2 aromatic rings. The van der Waals surface area contributed by atoms with E-state index in [4.69, 9.17) is 4.74 Å². The summed E-state index contributed by atoms with van der Waals surface area (Å²) in [6, 6.07) is 14.9. The average Bonchev–Trinajstić information content (AvgIpc) is 3.18. The van der Waals surface area contributed by atoms with E-state index in [0.29, 0.717) is 19.6 Å². The fourth-order valence-corrected chi connectivity index (χ4v) is 2.89. The van der Waals surface area contributed by atoms with Crippen LogP contribution in [0, 0.1) is 11.8 Å². The Morgan fingerprint density at radius 2 is 1.90 bits per heavy atom. The fraction of sp³-hybridized carbons (Fsp3) is 0.273. The largest absolute Gasteiger partial charge is 0.497 e. The van der Waals surface area contributed by atoms with Crippen molar-refractivity contribution in [2.75, 3.05) is 38.2 Å². The number of rotatable bonds is 6. The number of hydrogen-bond donors (Lipinski definition) is 3. The van der Waals surface area contributed by atoms with E-state index < -0.39 is 0 Å². The summed E-state index contributed by atoms with van der Waals surface area (Å²) in [6.07, 6.45) is 0.741. The van der Waals surface area contributed by atoms with Crippen molar-refractivity contribution >= 4 is 17.7 Å². The maximum Gasteiger partial charge on any atom is 0.321 e. The lowest BCUT2D eigenvalue weighted by molar-refractivity contribution is 0.242. The third kappa shape index (κ3) is 5.91. The van der Waals surface area contributed by atoms with E-state index in [1.54, 1.807) is 12.0 Å². The zero-order valence-electron chi connectivity index (χ0n) is 16.3. The number of carbonyl (C=O) groups excluding carboxylic acids is 2. The number of carbonyl (C=O) groups is 2. The van der Waals surface area contributed by atoms with Crippen molar-refractivity contribution < 1.29 is 14.3 Å². The second-order valence-corrected chi connectivity index (χ2v) is 6.44. The van der Waals surface area contributed by atoms with Crippen LogP contribution < -0.4 is 25.6 Å². The summed E-state index contributed by atoms with van der Waals surface area (Å²) >= 11 is 0. The number of nitrogens with zero attached hydrogens (tertiary/aromatic N) is 1. The van der Waals surface area contributed by atoms with Gasteiger partial charge < -0.3 is 20.7 Å². The van der Waals surface area contributed by atoms with E-state index in [0.717, 1.165) is 29.0 Å². The molecule has 0 aliphatic carbocycles. The van der Waals surface area contributed by atoms with Crippen molar-refractivity contribution in [3.8, 4) is 17.6 Å². The predicted molar refractivity (Wildman–Crippen MR) is 112 cm³/mol. The van der Waals surface area contributed by atoms with Crippen molar-refractivity contribution in [2.45, 2.75) is 6.42 Å². The van der Waals surface area contributed by atoms with Crippen LogP contribution in [0.15, 0.2) is 48.5 Å². The first-order valence-electron chi connectivity index (χ1n) is 9.44. The van der Waals surface area contributed by atoms with Crippen LogP contribution in [0.3, 0.4) is 0 Å². The molecule has 0 radical (unpaired) electrons. The van der Waals surface area contributed by atoms with Crippen molar-refractivity contribution in [2.24, 2.45) is 0 Å². The fourth-order valence-electron chi connectivity index (χ4n) is 2.89. The van der Waals surface area contributed by atoms with Gasteiger partial charge in [-0.2, -0.15) is 0 Å². The third-order valence-electron chi connectivity index (χ3n) is 4.46. The van der Waals surface area contributed by atoms with Crippen LogP contribution >= 0.6 is 0 Å². The Labute approximate surface area is 170 Å². The van der Waals surface area contributed by atoms with Crippen molar-refractivity contribution in [3.05, 3.63) is 59.7 Å². The topological polar surface area (TPSA) is 82.7 Å². The zero-order chi connectivity index (χ0) is 20.5. The van der Waals surface area contributed by atoms with Gasteiger partial charge in [-0.15, -0.1) is 0 Å². The molecule has 3 N–H and O–H groups in total. The van der Waals surface area contributed by atoms with Gasteiger partial charge in [0.1, 0.15) is 5.75 Å². The molecule has 4 amide bonds. The molecule has 1 heterocycles. The van der Waals surface area contributed by atoms with Crippen molar-refractivity contribution in [1.82, 2.24) is 16.0 Å². The van der Waals surface area contributed by atoms with Crippen LogP contribution in [0.4, 0.5) is 15.3 Å². The molecule has 7 heteroatoms. The molecule has 0 spiro atoms. The highest BCUT2D eigenvalue weighted by molar-refractivity contribution is 5.94. The van der Waals surface area contributed by atoms with E-state index in [-0.39, 0.29) is 18.6 Å². The predicted octanol–water partition coefficient (Wildman–Crippen LogP) is 2.12. The normalized spacial score (nSPS) is 12.6. The van der Waals surface area contributed by atoms with Crippen LogP contribution in [0.25, 0.3) is 0 Å². The average molecular weight is 392 g/mol. The van der Waals surface area contributed by atoms with Crippen molar-refractivity contribution in [3.63, 3.8) is 0 Å². The minimum absolute atomic E-state index is 0.0777. The van der Waals surface area contributed by atoms with Gasteiger partial charge in [0.05, 0.1) is 13.7 Å². The number of anilines is 1. The SMILES string of the molecule is COc1ccc(CCNC(=O)NCC#Cc2ccc(N3CCNC3=O)cc2)cc1. The summed E-state index contributed by atoms with van der Waals surface area (Å²) in [5, 5.41) is 8.29. The van der Waals surface area contributed by atoms with Gasteiger partial charge in [0.15, 0.2) is 0 Å². The second-order valence-electron chi connectivity index (χ2n) is 6.44. The third-order valence-corrected chi connectivity index (χ3v) is 4.46. The lowest BCUT2D eigenvalue weighted by Crippen LogP contribution is -2.36. The van der Waals surface area contributed by atoms with Gasteiger partial charge >= 0.3 is 12.1 Å². The molecule has 7 nitrogen and oxygen atoms in total. The lowest BCUT2D eigenvalue weighted by Gasteiger charge is -2.13.